The van der Waals surface area contributed by atoms with E-state index in [0.717, 1.165) is 0 Å². The van der Waals surface area contributed by atoms with E-state index in [2.05, 4.69) is 0 Å². The van der Waals surface area contributed by atoms with Crippen LogP contribution in [0.1, 0.15) is 12.8 Å². The van der Waals surface area contributed by atoms with Crippen molar-refractivity contribution in [3.05, 3.63) is 29.3 Å². The lowest BCUT2D eigenvalue weighted by molar-refractivity contribution is -0.138. The van der Waals surface area contributed by atoms with Crippen LogP contribution >= 0.6 is 11.6 Å². The van der Waals surface area contributed by atoms with E-state index in [-0.39, 0.29) is 18.4 Å². The average Bonchev–Trinajstić information content (AvgIpc) is 2.20. The van der Waals surface area contributed by atoms with E-state index in [4.69, 9.17) is 16.7 Å². The van der Waals surface area contributed by atoms with Crippen LogP contribution in [-0.2, 0) is 9.59 Å². The van der Waals surface area contributed by atoms with Crippen LogP contribution in [0.25, 0.3) is 0 Å². The monoisotopic (exact) mass is 239 g/mol. The number of β-lactam (4-membered cyclic amide) rings is 1. The Kier molecular flexibility index (Phi) is 2.83. The van der Waals surface area contributed by atoms with Crippen molar-refractivity contribution in [2.75, 3.05) is 4.90 Å². The summed E-state index contributed by atoms with van der Waals surface area (Å²) in [5, 5.41) is 9.27. The minimum absolute atomic E-state index is 0.0195. The summed E-state index contributed by atoms with van der Waals surface area (Å²) in [6.07, 6.45) is 0.281. The van der Waals surface area contributed by atoms with Crippen molar-refractivity contribution in [1.29, 1.82) is 0 Å². The van der Waals surface area contributed by atoms with Crippen LogP contribution in [0.3, 0.4) is 0 Å². The molecule has 0 aliphatic carbocycles. The summed E-state index contributed by atoms with van der Waals surface area (Å²) in [7, 11) is 0. The van der Waals surface area contributed by atoms with Crippen LogP contribution in [-0.4, -0.2) is 23.0 Å². The number of aliphatic carboxylic acids is 1. The van der Waals surface area contributed by atoms with Gasteiger partial charge in [0.1, 0.15) is 0 Å². The second-order valence-electron chi connectivity index (χ2n) is 3.70. The van der Waals surface area contributed by atoms with Crippen LogP contribution in [0.15, 0.2) is 24.3 Å². The second kappa shape index (κ2) is 4.14. The van der Waals surface area contributed by atoms with Gasteiger partial charge in [-0.3, -0.25) is 9.59 Å². The minimum Gasteiger partial charge on any atom is -0.481 e. The molecule has 1 amide bonds. The van der Waals surface area contributed by atoms with Gasteiger partial charge in [-0.1, -0.05) is 11.6 Å². The van der Waals surface area contributed by atoms with Crippen molar-refractivity contribution in [1.82, 2.24) is 0 Å². The first-order chi connectivity index (χ1) is 7.58. The number of hydrogen-bond donors (Lipinski definition) is 1. The highest BCUT2D eigenvalue weighted by molar-refractivity contribution is 6.30. The number of carboxylic acid groups (broad SMARTS) is 1. The number of carbonyl (C=O) groups is 2. The van der Waals surface area contributed by atoms with Crippen molar-refractivity contribution >= 4 is 29.2 Å². The van der Waals surface area contributed by atoms with Gasteiger partial charge in [-0.15, -0.1) is 0 Å². The first-order valence-corrected chi connectivity index (χ1v) is 5.25. The van der Waals surface area contributed by atoms with Crippen LogP contribution in [0.5, 0.6) is 0 Å². The molecule has 1 aromatic carbocycles. The lowest BCUT2D eigenvalue weighted by Gasteiger charge is -2.39. The van der Waals surface area contributed by atoms with Crippen LogP contribution in [0.4, 0.5) is 5.69 Å². The third-order valence-electron chi connectivity index (χ3n) is 2.56. The van der Waals surface area contributed by atoms with Gasteiger partial charge in [0, 0.05) is 17.1 Å². The number of halogens is 1. The summed E-state index contributed by atoms with van der Waals surface area (Å²) in [4.78, 5) is 23.5. The van der Waals surface area contributed by atoms with E-state index in [9.17, 15) is 9.59 Å². The molecule has 84 valence electrons. The smallest absolute Gasteiger partial charge is 0.305 e. The number of hydrogen-bond acceptors (Lipinski definition) is 2. The SMILES string of the molecule is O=C(O)CC1CC(=O)N1c1ccc(Cl)cc1. The maximum atomic E-state index is 11.4. The molecule has 1 aromatic rings. The van der Waals surface area contributed by atoms with Gasteiger partial charge in [0.05, 0.1) is 12.5 Å². The molecule has 1 heterocycles. The maximum absolute atomic E-state index is 11.4. The van der Waals surface area contributed by atoms with E-state index < -0.39 is 5.97 Å². The van der Waals surface area contributed by atoms with E-state index in [1.165, 1.54) is 4.90 Å². The Morgan fingerprint density at radius 3 is 2.56 bits per heavy atom. The molecule has 1 unspecified atom stereocenters. The molecule has 0 radical (unpaired) electrons. The Labute approximate surface area is 97.4 Å². The molecule has 1 fully saturated rings. The molecule has 1 N–H and O–H groups in total. The molecular weight excluding hydrogens is 230 g/mol. The predicted molar refractivity (Wildman–Crippen MR) is 59.6 cm³/mol. The van der Waals surface area contributed by atoms with Gasteiger partial charge in [-0.25, -0.2) is 0 Å². The number of benzene rings is 1. The zero-order valence-corrected chi connectivity index (χ0v) is 9.15. The Morgan fingerprint density at radius 2 is 2.06 bits per heavy atom. The van der Waals surface area contributed by atoms with E-state index in [0.29, 0.717) is 17.1 Å². The quantitative estimate of drug-likeness (QED) is 0.820. The van der Waals surface area contributed by atoms with Gasteiger partial charge in [0.15, 0.2) is 0 Å². The van der Waals surface area contributed by atoms with Gasteiger partial charge < -0.3 is 10.0 Å². The summed E-state index contributed by atoms with van der Waals surface area (Å²) >= 11 is 5.74. The first-order valence-electron chi connectivity index (χ1n) is 4.87. The maximum Gasteiger partial charge on any atom is 0.305 e. The van der Waals surface area contributed by atoms with Crippen molar-refractivity contribution in [3.63, 3.8) is 0 Å². The zero-order chi connectivity index (χ0) is 11.7. The molecule has 5 heteroatoms. The lowest BCUT2D eigenvalue weighted by atomic mass is 9.97. The normalized spacial score (nSPS) is 19.4. The Balaban J connectivity index is 2.15. The summed E-state index contributed by atoms with van der Waals surface area (Å²) in [5.74, 6) is -0.940. The first kappa shape index (κ1) is 11.0. The number of carbonyl (C=O) groups excluding carboxylic acids is 1. The fourth-order valence-electron chi connectivity index (χ4n) is 1.80. The second-order valence-corrected chi connectivity index (χ2v) is 4.13. The third kappa shape index (κ3) is 2.02. The third-order valence-corrected chi connectivity index (χ3v) is 2.81. The molecule has 0 spiro atoms. The Morgan fingerprint density at radius 1 is 1.44 bits per heavy atom. The molecule has 1 aliphatic rings. The summed E-state index contributed by atoms with van der Waals surface area (Å²) in [6.45, 7) is 0. The van der Waals surface area contributed by atoms with Crippen molar-refractivity contribution < 1.29 is 14.7 Å². The molecule has 1 aliphatic heterocycles. The van der Waals surface area contributed by atoms with Gasteiger partial charge in [0.2, 0.25) is 5.91 Å². The molecular formula is C11H10ClNO3. The van der Waals surface area contributed by atoms with Gasteiger partial charge in [-0.2, -0.15) is 0 Å². The summed E-state index contributed by atoms with van der Waals surface area (Å²) in [6, 6.07) is 6.56. The van der Waals surface area contributed by atoms with Crippen molar-refractivity contribution in [2.45, 2.75) is 18.9 Å². The number of amides is 1. The van der Waals surface area contributed by atoms with Crippen molar-refractivity contribution in [3.8, 4) is 0 Å². The van der Waals surface area contributed by atoms with Gasteiger partial charge in [0.25, 0.3) is 0 Å². The molecule has 1 atom stereocenters. The summed E-state index contributed by atoms with van der Waals surface area (Å²) in [5.41, 5.74) is 0.701. The molecule has 0 aromatic heterocycles. The van der Waals surface area contributed by atoms with E-state index >= 15 is 0 Å². The number of carboxylic acids is 1. The molecule has 1 saturated heterocycles. The fraction of sp³-hybridized carbons (Fsp3) is 0.273. The van der Waals surface area contributed by atoms with Gasteiger partial charge in [-0.05, 0) is 24.3 Å². The Bertz CT molecular complexity index is 429. The standard InChI is InChI=1S/C11H10ClNO3/c12-7-1-3-8(4-2-7)13-9(5-10(13)14)6-11(15)16/h1-4,9H,5-6H2,(H,15,16). The largest absolute Gasteiger partial charge is 0.481 e. The molecule has 16 heavy (non-hydrogen) atoms. The van der Waals surface area contributed by atoms with E-state index in [1.807, 2.05) is 0 Å². The predicted octanol–water partition coefficient (Wildman–Crippen LogP) is 1.92. The zero-order valence-electron chi connectivity index (χ0n) is 8.39. The number of nitrogens with zero attached hydrogens (tertiary/aromatic N) is 1. The minimum atomic E-state index is -0.892. The summed E-state index contributed by atoms with van der Waals surface area (Å²) < 4.78 is 0. The highest BCUT2D eigenvalue weighted by atomic mass is 35.5. The molecule has 4 nitrogen and oxygen atoms in total. The fourth-order valence-corrected chi connectivity index (χ4v) is 1.93. The lowest BCUT2D eigenvalue weighted by Crippen LogP contribution is -2.53. The molecule has 0 bridgehead atoms. The molecule has 2 rings (SSSR count). The van der Waals surface area contributed by atoms with Crippen LogP contribution < -0.4 is 4.90 Å². The van der Waals surface area contributed by atoms with Crippen molar-refractivity contribution in [2.24, 2.45) is 0 Å². The van der Waals surface area contributed by atoms with Crippen LogP contribution in [0, 0.1) is 0 Å². The number of rotatable bonds is 3. The number of anilines is 1. The topological polar surface area (TPSA) is 57.6 Å². The highest BCUT2D eigenvalue weighted by Crippen LogP contribution is 2.30. The van der Waals surface area contributed by atoms with E-state index in [1.54, 1.807) is 24.3 Å². The van der Waals surface area contributed by atoms with Gasteiger partial charge >= 0.3 is 5.97 Å². The average molecular weight is 240 g/mol. The Hall–Kier alpha value is -1.55. The molecule has 0 saturated carbocycles. The van der Waals surface area contributed by atoms with Crippen LogP contribution in [0.2, 0.25) is 5.02 Å². The highest BCUT2D eigenvalue weighted by Gasteiger charge is 2.38.